The summed E-state index contributed by atoms with van der Waals surface area (Å²) >= 11 is 0. The van der Waals surface area contributed by atoms with Gasteiger partial charge in [0.15, 0.2) is 12.4 Å². The second-order valence-electron chi connectivity index (χ2n) is 6.74. The molecule has 0 aliphatic rings. The Balaban J connectivity index is 1.61. The fourth-order valence-electron chi connectivity index (χ4n) is 3.10. The highest BCUT2D eigenvalue weighted by Crippen LogP contribution is 2.32. The number of ketones is 1. The number of hydrogen-bond donors (Lipinski definition) is 1. The third kappa shape index (κ3) is 3.93. The molecular formula is C24H18FNO4. The number of halogens is 1. The van der Waals surface area contributed by atoms with E-state index in [1.54, 1.807) is 30.3 Å². The average molecular weight is 403 g/mol. The van der Waals surface area contributed by atoms with Crippen LogP contribution in [0.5, 0.6) is 5.75 Å². The molecule has 30 heavy (non-hydrogen) atoms. The summed E-state index contributed by atoms with van der Waals surface area (Å²) in [6.07, 6.45) is 0. The molecule has 3 aromatic carbocycles. The molecule has 0 saturated carbocycles. The topological polar surface area (TPSA) is 68.5 Å². The second kappa shape index (κ2) is 8.21. The van der Waals surface area contributed by atoms with Crippen LogP contribution in [0.1, 0.15) is 21.7 Å². The Bertz CT molecular complexity index is 1230. The maximum Gasteiger partial charge on any atom is 0.262 e. The zero-order valence-electron chi connectivity index (χ0n) is 16.1. The minimum atomic E-state index is -0.457. The Hall–Kier alpha value is -3.93. The molecule has 1 aromatic heterocycles. The van der Waals surface area contributed by atoms with Crippen molar-refractivity contribution in [1.82, 2.24) is 0 Å². The van der Waals surface area contributed by atoms with Crippen LogP contribution < -0.4 is 10.1 Å². The molecule has 5 nitrogen and oxygen atoms in total. The largest absolute Gasteiger partial charge is 0.483 e. The molecule has 1 heterocycles. The highest BCUT2D eigenvalue weighted by Gasteiger charge is 2.23. The van der Waals surface area contributed by atoms with Crippen molar-refractivity contribution in [3.05, 3.63) is 95.5 Å². The Morgan fingerprint density at radius 1 is 0.967 bits per heavy atom. The number of amides is 1. The van der Waals surface area contributed by atoms with Crippen molar-refractivity contribution < 1.29 is 23.1 Å². The Morgan fingerprint density at radius 2 is 1.67 bits per heavy atom. The van der Waals surface area contributed by atoms with Crippen molar-refractivity contribution in [1.29, 1.82) is 0 Å². The molecule has 0 bridgehead atoms. The maximum atomic E-state index is 13.2. The molecule has 0 fully saturated rings. The highest BCUT2D eigenvalue weighted by molar-refractivity contribution is 6.17. The van der Waals surface area contributed by atoms with Gasteiger partial charge in [-0.25, -0.2) is 4.39 Å². The number of aryl methyl sites for hydroxylation is 1. The lowest BCUT2D eigenvalue weighted by Gasteiger charge is -2.09. The number of para-hydroxylation sites is 2. The van der Waals surface area contributed by atoms with Gasteiger partial charge in [0.2, 0.25) is 5.78 Å². The minimum absolute atomic E-state index is 0.0213. The van der Waals surface area contributed by atoms with Crippen molar-refractivity contribution in [2.45, 2.75) is 6.92 Å². The lowest BCUT2D eigenvalue weighted by molar-refractivity contribution is -0.118. The Kier molecular flexibility index (Phi) is 5.30. The first-order valence-electron chi connectivity index (χ1n) is 9.33. The van der Waals surface area contributed by atoms with Gasteiger partial charge in [-0.3, -0.25) is 9.59 Å². The standard InChI is InChI=1S/C24H18FNO4/c1-15-6-2-4-8-19(15)29-14-21(27)26-22-18-7-3-5-9-20(18)30-24(22)23(28)16-10-12-17(25)13-11-16/h2-13H,14H2,1H3,(H,26,27). The normalized spacial score (nSPS) is 10.7. The molecule has 4 rings (SSSR count). The number of nitrogens with one attached hydrogen (secondary N) is 1. The molecule has 0 radical (unpaired) electrons. The van der Waals surface area contributed by atoms with E-state index in [9.17, 15) is 14.0 Å². The number of benzene rings is 3. The molecule has 1 N–H and O–H groups in total. The minimum Gasteiger partial charge on any atom is -0.483 e. The summed E-state index contributed by atoms with van der Waals surface area (Å²) in [6, 6.07) is 19.5. The van der Waals surface area contributed by atoms with Crippen LogP contribution in [0.2, 0.25) is 0 Å². The summed E-state index contributed by atoms with van der Waals surface area (Å²) in [6.45, 7) is 1.66. The van der Waals surface area contributed by atoms with Crippen molar-refractivity contribution in [3.8, 4) is 5.75 Å². The number of rotatable bonds is 6. The van der Waals surface area contributed by atoms with Gasteiger partial charge >= 0.3 is 0 Å². The molecule has 0 atom stereocenters. The van der Waals surface area contributed by atoms with Gasteiger partial charge in [-0.1, -0.05) is 30.3 Å². The second-order valence-corrected chi connectivity index (χ2v) is 6.74. The summed E-state index contributed by atoms with van der Waals surface area (Å²) in [5, 5.41) is 3.32. The van der Waals surface area contributed by atoms with E-state index in [2.05, 4.69) is 5.32 Å². The third-order valence-corrected chi connectivity index (χ3v) is 4.62. The van der Waals surface area contributed by atoms with Crippen LogP contribution >= 0.6 is 0 Å². The monoisotopic (exact) mass is 403 g/mol. The predicted molar refractivity (Wildman–Crippen MR) is 111 cm³/mol. The maximum absolute atomic E-state index is 13.2. The van der Waals surface area contributed by atoms with Crippen molar-refractivity contribution in [3.63, 3.8) is 0 Å². The third-order valence-electron chi connectivity index (χ3n) is 4.62. The molecule has 0 aliphatic carbocycles. The first kappa shape index (κ1) is 19.4. The van der Waals surface area contributed by atoms with Crippen molar-refractivity contribution >= 4 is 28.3 Å². The lowest BCUT2D eigenvalue weighted by Crippen LogP contribution is -2.21. The van der Waals surface area contributed by atoms with Crippen LogP contribution in [0.15, 0.2) is 77.2 Å². The molecular weight excluding hydrogens is 385 g/mol. The molecule has 0 aliphatic heterocycles. The van der Waals surface area contributed by atoms with Gasteiger partial charge in [0.25, 0.3) is 5.91 Å². The number of anilines is 1. The summed E-state index contributed by atoms with van der Waals surface area (Å²) in [5.41, 5.74) is 1.88. The van der Waals surface area contributed by atoms with E-state index in [4.69, 9.17) is 9.15 Å². The van der Waals surface area contributed by atoms with E-state index < -0.39 is 17.5 Å². The quantitative estimate of drug-likeness (QED) is 0.453. The van der Waals surface area contributed by atoms with Gasteiger partial charge in [-0.05, 0) is 55.0 Å². The molecule has 6 heteroatoms. The van der Waals surface area contributed by atoms with E-state index in [1.165, 1.54) is 24.3 Å². The van der Waals surface area contributed by atoms with Crippen LogP contribution in [-0.4, -0.2) is 18.3 Å². The molecule has 150 valence electrons. The Labute approximate surface area is 172 Å². The first-order valence-corrected chi connectivity index (χ1v) is 9.33. The fraction of sp³-hybridized carbons (Fsp3) is 0.0833. The van der Waals surface area contributed by atoms with E-state index >= 15 is 0 Å². The van der Waals surface area contributed by atoms with Crippen molar-refractivity contribution in [2.75, 3.05) is 11.9 Å². The summed E-state index contributed by atoms with van der Waals surface area (Å²) in [5.74, 6) is -0.753. The van der Waals surface area contributed by atoms with Crippen LogP contribution in [0, 0.1) is 12.7 Å². The number of carbonyl (C=O) groups is 2. The van der Waals surface area contributed by atoms with Gasteiger partial charge in [-0.2, -0.15) is 0 Å². The Morgan fingerprint density at radius 3 is 2.43 bits per heavy atom. The number of hydrogen-bond acceptors (Lipinski definition) is 4. The summed E-state index contributed by atoms with van der Waals surface area (Å²) in [7, 11) is 0. The molecule has 0 spiro atoms. The summed E-state index contributed by atoms with van der Waals surface area (Å²) in [4.78, 5) is 25.5. The smallest absolute Gasteiger partial charge is 0.262 e. The van der Waals surface area contributed by atoms with E-state index in [1.807, 2.05) is 25.1 Å². The molecule has 1 amide bonds. The van der Waals surface area contributed by atoms with Crippen molar-refractivity contribution in [2.24, 2.45) is 0 Å². The van der Waals surface area contributed by atoms with E-state index in [-0.39, 0.29) is 23.6 Å². The van der Waals surface area contributed by atoms with Crippen LogP contribution in [-0.2, 0) is 4.79 Å². The molecule has 4 aromatic rings. The van der Waals surface area contributed by atoms with Gasteiger partial charge < -0.3 is 14.5 Å². The van der Waals surface area contributed by atoms with E-state index in [0.29, 0.717) is 16.7 Å². The van der Waals surface area contributed by atoms with Gasteiger partial charge in [-0.15, -0.1) is 0 Å². The SMILES string of the molecule is Cc1ccccc1OCC(=O)Nc1c(C(=O)c2ccc(F)cc2)oc2ccccc12. The molecule has 0 saturated heterocycles. The van der Waals surface area contributed by atoms with Crippen LogP contribution in [0.25, 0.3) is 11.0 Å². The first-order chi connectivity index (χ1) is 14.5. The number of ether oxygens (including phenoxy) is 1. The zero-order chi connectivity index (χ0) is 21.1. The van der Waals surface area contributed by atoms with Gasteiger partial charge in [0, 0.05) is 10.9 Å². The lowest BCUT2D eigenvalue weighted by atomic mass is 10.1. The highest BCUT2D eigenvalue weighted by atomic mass is 19.1. The van der Waals surface area contributed by atoms with Crippen LogP contribution in [0.4, 0.5) is 10.1 Å². The number of fused-ring (bicyclic) bond motifs is 1. The van der Waals surface area contributed by atoms with E-state index in [0.717, 1.165) is 5.56 Å². The zero-order valence-corrected chi connectivity index (χ0v) is 16.1. The molecule has 0 unspecified atom stereocenters. The van der Waals surface area contributed by atoms with Gasteiger partial charge in [0.1, 0.15) is 17.1 Å². The fourth-order valence-corrected chi connectivity index (χ4v) is 3.10. The predicted octanol–water partition coefficient (Wildman–Crippen LogP) is 5.13. The van der Waals surface area contributed by atoms with Gasteiger partial charge in [0.05, 0.1) is 5.69 Å². The summed E-state index contributed by atoms with van der Waals surface area (Å²) < 4.78 is 24.5. The average Bonchev–Trinajstić information content (AvgIpc) is 3.11. The number of furan rings is 1. The van der Waals surface area contributed by atoms with Crippen LogP contribution in [0.3, 0.4) is 0 Å². The number of carbonyl (C=O) groups excluding carboxylic acids is 2.